The highest BCUT2D eigenvalue weighted by Gasteiger charge is 2.31. The third kappa shape index (κ3) is 3.73. The maximum Gasteiger partial charge on any atom is 0.267 e. The lowest BCUT2D eigenvalue weighted by Gasteiger charge is -2.32. The fourth-order valence-electron chi connectivity index (χ4n) is 2.58. The van der Waals surface area contributed by atoms with E-state index in [4.69, 9.17) is 4.74 Å². The summed E-state index contributed by atoms with van der Waals surface area (Å²) in [4.78, 5) is 30.2. The molecule has 1 aliphatic heterocycles. The number of hydrogen-bond acceptors (Lipinski definition) is 5. The molecule has 1 N–H and O–H groups in total. The molecule has 2 aromatic rings. The van der Waals surface area contributed by atoms with Crippen LogP contribution in [0.2, 0.25) is 0 Å². The van der Waals surface area contributed by atoms with Crippen molar-refractivity contribution < 1.29 is 14.3 Å². The molecule has 0 radical (unpaired) electrons. The van der Waals surface area contributed by atoms with E-state index >= 15 is 0 Å². The number of benzene rings is 1. The van der Waals surface area contributed by atoms with Gasteiger partial charge in [0.15, 0.2) is 6.10 Å². The summed E-state index contributed by atoms with van der Waals surface area (Å²) in [6, 6.07) is 7.39. The first-order valence-electron chi connectivity index (χ1n) is 7.87. The van der Waals surface area contributed by atoms with Crippen LogP contribution in [0, 0.1) is 0 Å². The third-order valence-corrected chi connectivity index (χ3v) is 4.62. The van der Waals surface area contributed by atoms with Gasteiger partial charge in [-0.3, -0.25) is 9.59 Å². The van der Waals surface area contributed by atoms with Crippen LogP contribution in [0.5, 0.6) is 5.75 Å². The van der Waals surface area contributed by atoms with Gasteiger partial charge in [0.2, 0.25) is 5.91 Å². The van der Waals surface area contributed by atoms with E-state index < -0.39 is 6.10 Å². The minimum absolute atomic E-state index is 0.0732. The molecule has 2 heterocycles. The number of nitrogens with one attached hydrogen (secondary N) is 1. The molecule has 1 aromatic carbocycles. The summed E-state index contributed by atoms with van der Waals surface area (Å²) in [5.41, 5.74) is 0.719. The monoisotopic (exact) mass is 345 g/mol. The number of thiazole rings is 1. The van der Waals surface area contributed by atoms with Gasteiger partial charge in [-0.15, -0.1) is 11.3 Å². The van der Waals surface area contributed by atoms with Gasteiger partial charge in [-0.2, -0.15) is 0 Å². The molecule has 1 aromatic heterocycles. The number of nitrogens with zero attached hydrogens (tertiary/aromatic N) is 2. The van der Waals surface area contributed by atoms with Crippen LogP contribution in [0.1, 0.15) is 18.4 Å². The second-order valence-corrected chi connectivity index (χ2v) is 6.47. The highest BCUT2D eigenvalue weighted by Crippen LogP contribution is 2.33. The molecule has 7 heteroatoms. The zero-order valence-electron chi connectivity index (χ0n) is 13.4. The minimum atomic E-state index is -0.534. The van der Waals surface area contributed by atoms with Crippen molar-refractivity contribution in [3.8, 4) is 5.75 Å². The van der Waals surface area contributed by atoms with Gasteiger partial charge in [-0.05, 0) is 19.1 Å². The molecule has 24 heavy (non-hydrogen) atoms. The molecule has 6 nitrogen and oxygen atoms in total. The Morgan fingerprint density at radius 3 is 3.04 bits per heavy atom. The Morgan fingerprint density at radius 2 is 2.25 bits per heavy atom. The number of amides is 2. The first-order valence-corrected chi connectivity index (χ1v) is 8.75. The number of carbonyl (C=O) groups excluding carboxylic acids is 2. The Kier molecular flexibility index (Phi) is 5.10. The zero-order valence-corrected chi connectivity index (χ0v) is 14.2. The van der Waals surface area contributed by atoms with E-state index in [0.717, 1.165) is 17.1 Å². The fraction of sp³-hybridized carbons (Fsp3) is 0.353. The summed E-state index contributed by atoms with van der Waals surface area (Å²) >= 11 is 1.57. The van der Waals surface area contributed by atoms with Gasteiger partial charge in [0.05, 0.1) is 10.7 Å². The van der Waals surface area contributed by atoms with E-state index in [1.165, 1.54) is 0 Å². The second kappa shape index (κ2) is 7.44. The van der Waals surface area contributed by atoms with E-state index in [-0.39, 0.29) is 18.2 Å². The van der Waals surface area contributed by atoms with Gasteiger partial charge in [0.1, 0.15) is 5.75 Å². The molecule has 0 aliphatic carbocycles. The lowest BCUT2D eigenvalue weighted by Crippen LogP contribution is -2.45. The number of rotatable bonds is 6. The van der Waals surface area contributed by atoms with Crippen LogP contribution in [-0.2, 0) is 16.0 Å². The molecular weight excluding hydrogens is 326 g/mol. The first-order chi connectivity index (χ1) is 11.6. The van der Waals surface area contributed by atoms with Crippen molar-refractivity contribution in [2.75, 3.05) is 18.0 Å². The van der Waals surface area contributed by atoms with Crippen LogP contribution in [0.4, 0.5) is 5.69 Å². The van der Waals surface area contributed by atoms with Crippen molar-refractivity contribution in [3.63, 3.8) is 0 Å². The van der Waals surface area contributed by atoms with Crippen molar-refractivity contribution in [1.82, 2.24) is 10.3 Å². The largest absolute Gasteiger partial charge is 0.479 e. The van der Waals surface area contributed by atoms with E-state index in [2.05, 4.69) is 10.3 Å². The molecule has 2 amide bonds. The zero-order chi connectivity index (χ0) is 16.9. The van der Waals surface area contributed by atoms with Crippen molar-refractivity contribution in [1.29, 1.82) is 0 Å². The maximum absolute atomic E-state index is 12.3. The van der Waals surface area contributed by atoms with Crippen molar-refractivity contribution >= 4 is 28.8 Å². The summed E-state index contributed by atoms with van der Waals surface area (Å²) in [5, 5.41) is 5.79. The average Bonchev–Trinajstić information content (AvgIpc) is 3.09. The molecule has 1 atom stereocenters. The topological polar surface area (TPSA) is 71.5 Å². The molecule has 1 unspecified atom stereocenters. The predicted octanol–water partition coefficient (Wildman–Crippen LogP) is 2.01. The Hall–Kier alpha value is -2.41. The van der Waals surface area contributed by atoms with Crippen LogP contribution in [-0.4, -0.2) is 36.0 Å². The van der Waals surface area contributed by atoms with Crippen molar-refractivity contribution in [2.45, 2.75) is 25.9 Å². The van der Waals surface area contributed by atoms with Crippen LogP contribution >= 0.6 is 11.3 Å². The minimum Gasteiger partial charge on any atom is -0.479 e. The number of fused-ring (bicyclic) bond motifs is 1. The fourth-order valence-corrected chi connectivity index (χ4v) is 3.20. The number of anilines is 1. The predicted molar refractivity (Wildman–Crippen MR) is 92.3 cm³/mol. The summed E-state index contributed by atoms with van der Waals surface area (Å²) in [5.74, 6) is 0.481. The van der Waals surface area contributed by atoms with Crippen LogP contribution in [0.25, 0.3) is 0 Å². The second-order valence-electron chi connectivity index (χ2n) is 5.49. The molecular formula is C17H19N3O3S. The van der Waals surface area contributed by atoms with E-state index in [1.807, 2.05) is 29.6 Å². The van der Waals surface area contributed by atoms with Crippen molar-refractivity contribution in [2.24, 2.45) is 0 Å². The number of para-hydroxylation sites is 2. The van der Waals surface area contributed by atoms with Crippen molar-refractivity contribution in [3.05, 3.63) is 40.8 Å². The smallest absolute Gasteiger partial charge is 0.267 e. The SMILES string of the molecule is CC1Oc2ccccc2N(CCC(=O)NCCc2nccs2)C1=O. The van der Waals surface area contributed by atoms with E-state index in [0.29, 0.717) is 18.8 Å². The van der Waals surface area contributed by atoms with E-state index in [9.17, 15) is 9.59 Å². The first kappa shape index (κ1) is 16.4. The Labute approximate surface area is 144 Å². The summed E-state index contributed by atoms with van der Waals surface area (Å²) in [6.45, 7) is 2.61. The standard InChI is InChI=1S/C17H19N3O3S/c1-12-17(22)20(13-4-2-3-5-14(13)23-12)10-7-15(21)18-8-6-16-19-9-11-24-16/h2-5,9,11-12H,6-8,10H2,1H3,(H,18,21). The Balaban J connectivity index is 1.53. The number of ether oxygens (including phenoxy) is 1. The molecule has 0 fully saturated rings. The van der Waals surface area contributed by atoms with E-state index in [1.54, 1.807) is 29.4 Å². The molecule has 0 saturated carbocycles. The Bertz CT molecular complexity index is 718. The number of hydrogen-bond donors (Lipinski definition) is 1. The van der Waals surface area contributed by atoms with Crippen LogP contribution in [0.15, 0.2) is 35.8 Å². The quantitative estimate of drug-likeness (QED) is 0.869. The average molecular weight is 345 g/mol. The molecule has 0 spiro atoms. The summed E-state index contributed by atoms with van der Waals surface area (Å²) in [7, 11) is 0. The number of carbonyl (C=O) groups is 2. The molecule has 0 saturated heterocycles. The molecule has 126 valence electrons. The van der Waals surface area contributed by atoms with Gasteiger partial charge < -0.3 is 15.0 Å². The number of aromatic nitrogens is 1. The highest BCUT2D eigenvalue weighted by atomic mass is 32.1. The molecule has 1 aliphatic rings. The lowest BCUT2D eigenvalue weighted by atomic mass is 10.1. The van der Waals surface area contributed by atoms with Gasteiger partial charge >= 0.3 is 0 Å². The lowest BCUT2D eigenvalue weighted by molar-refractivity contribution is -0.125. The van der Waals surface area contributed by atoms with Crippen LogP contribution < -0.4 is 15.0 Å². The van der Waals surface area contributed by atoms with Crippen LogP contribution in [0.3, 0.4) is 0 Å². The third-order valence-electron chi connectivity index (χ3n) is 3.78. The van der Waals surface area contributed by atoms with Gasteiger partial charge in [0.25, 0.3) is 5.91 Å². The summed E-state index contributed by atoms with van der Waals surface area (Å²) < 4.78 is 5.59. The Morgan fingerprint density at radius 1 is 1.42 bits per heavy atom. The maximum atomic E-state index is 12.3. The van der Waals surface area contributed by atoms with Gasteiger partial charge in [0, 0.05) is 37.5 Å². The highest BCUT2D eigenvalue weighted by molar-refractivity contribution is 7.09. The summed E-state index contributed by atoms with van der Waals surface area (Å²) in [6.07, 6.45) is 2.20. The van der Waals surface area contributed by atoms with Gasteiger partial charge in [-0.1, -0.05) is 12.1 Å². The molecule has 0 bridgehead atoms. The van der Waals surface area contributed by atoms with Gasteiger partial charge in [-0.25, -0.2) is 4.98 Å². The normalized spacial score (nSPS) is 16.5. The molecule has 3 rings (SSSR count).